The van der Waals surface area contributed by atoms with Crippen LogP contribution in [0.3, 0.4) is 0 Å². The van der Waals surface area contributed by atoms with Crippen LogP contribution in [0.4, 0.5) is 11.4 Å². The van der Waals surface area contributed by atoms with Crippen LogP contribution in [0.1, 0.15) is 64.1 Å². The van der Waals surface area contributed by atoms with E-state index in [0.717, 1.165) is 34.7 Å². The maximum Gasteiger partial charge on any atom is 0.338 e. The van der Waals surface area contributed by atoms with Gasteiger partial charge in [0, 0.05) is 12.1 Å². The number of benzene rings is 1. The molecule has 1 aromatic rings. The van der Waals surface area contributed by atoms with Gasteiger partial charge >= 0.3 is 12.3 Å². The standard InChI is InChI=1S/C25H32N4O2/c1-16(2)31-24(30)21-3-4-22(23(8-21)28-14-20-12-26-15-27-13-20)29-25-9-17-5-18(10-25)7-19(6-17)11-25/h3-4,8,12-13,15-19,28H,5-7,9-11,14H2,1-2H3,(H,29,30)/p+1/i14D. The summed E-state index contributed by atoms with van der Waals surface area (Å²) in [6.07, 6.45) is 12.7. The van der Waals surface area contributed by atoms with Crippen LogP contribution in [-0.4, -0.2) is 36.7 Å². The fourth-order valence-corrected chi connectivity index (χ4v) is 6.31. The minimum Gasteiger partial charge on any atom is -0.459 e. The van der Waals surface area contributed by atoms with E-state index in [1.54, 1.807) is 18.8 Å². The average Bonchev–Trinajstić information content (AvgIpc) is 2.74. The summed E-state index contributed by atoms with van der Waals surface area (Å²) in [6.45, 7) is 2.98. The van der Waals surface area contributed by atoms with Gasteiger partial charge in [0.1, 0.15) is 0 Å². The summed E-state index contributed by atoms with van der Waals surface area (Å²) in [7, 11) is 0. The zero-order valence-electron chi connectivity index (χ0n) is 19.4. The molecule has 4 fully saturated rings. The van der Waals surface area contributed by atoms with Crippen molar-refractivity contribution in [1.29, 1.82) is 0 Å². The summed E-state index contributed by atoms with van der Waals surface area (Å²) in [6, 6.07) is 5.62. The van der Waals surface area contributed by atoms with Gasteiger partial charge in [0.25, 0.3) is 0 Å². The maximum atomic E-state index is 12.6. The third kappa shape index (κ3) is 4.35. The Balaban J connectivity index is 1.43. The van der Waals surface area contributed by atoms with Gasteiger partial charge in [-0.15, -0.1) is 0 Å². The van der Waals surface area contributed by atoms with Crippen molar-refractivity contribution in [3.63, 3.8) is 0 Å². The number of anilines is 2. The second kappa shape index (κ2) is 8.08. The highest BCUT2D eigenvalue weighted by atomic mass is 16.5. The molecule has 5 aliphatic rings. The van der Waals surface area contributed by atoms with Crippen molar-refractivity contribution < 1.29 is 10.9 Å². The first-order valence-electron chi connectivity index (χ1n) is 12.1. The van der Waals surface area contributed by atoms with Gasteiger partial charge in [0.15, 0.2) is 6.21 Å². The van der Waals surface area contributed by atoms with E-state index >= 15 is 0 Å². The Bertz CT molecular complexity index is 960. The lowest BCUT2D eigenvalue weighted by atomic mass is 9.53. The van der Waals surface area contributed by atoms with E-state index in [4.69, 9.17) is 6.11 Å². The quantitative estimate of drug-likeness (QED) is 0.461. The van der Waals surface area contributed by atoms with Gasteiger partial charge in [0.05, 0.1) is 36.2 Å². The highest BCUT2D eigenvalue weighted by Gasteiger charge is 2.51. The molecular weight excluding hydrogens is 388 g/mol. The number of esters is 1. The van der Waals surface area contributed by atoms with E-state index in [-0.39, 0.29) is 17.6 Å². The maximum absolute atomic E-state index is 12.6. The molecule has 0 amide bonds. The van der Waals surface area contributed by atoms with Gasteiger partial charge in [-0.1, -0.05) is 0 Å². The topological polar surface area (TPSA) is 76.5 Å². The zero-order valence-corrected chi connectivity index (χ0v) is 18.4. The largest absolute Gasteiger partial charge is 0.459 e. The molecule has 6 rings (SSSR count). The molecule has 4 aliphatic carbocycles. The minimum absolute atomic E-state index is 0.130. The molecule has 1 aliphatic heterocycles. The first-order chi connectivity index (χ1) is 15.4. The van der Waals surface area contributed by atoms with Gasteiger partial charge in [-0.2, -0.15) is 0 Å². The third-order valence-corrected chi connectivity index (χ3v) is 7.05. The number of ether oxygens (including phenoxy) is 1. The fourth-order valence-electron chi connectivity index (χ4n) is 6.31. The molecule has 0 spiro atoms. The SMILES string of the molecule is [2H]C(Nc1cc(C(=O)OC(C)C)ccc1NC12CC3CC(CC(C3)C1)C2)C1=CNC=[N+]=C1. The number of carbonyl (C=O) groups is 1. The molecular formula is C25H33N4O2+. The number of hydrogen-bond acceptors (Lipinski definition) is 5. The highest BCUT2D eigenvalue weighted by Crippen LogP contribution is 2.56. The Hall–Kier alpha value is -2.72. The summed E-state index contributed by atoms with van der Waals surface area (Å²) >= 11 is 0. The Morgan fingerprint density at radius 2 is 1.94 bits per heavy atom. The zero-order chi connectivity index (χ0) is 22.3. The second-order valence-electron chi connectivity index (χ2n) is 10.0. The van der Waals surface area contributed by atoms with Crippen LogP contribution in [0.25, 0.3) is 0 Å². The van der Waals surface area contributed by atoms with Crippen LogP contribution < -0.4 is 20.6 Å². The van der Waals surface area contributed by atoms with Crippen molar-refractivity contribution in [2.45, 2.75) is 64.0 Å². The molecule has 164 valence electrons. The van der Waals surface area contributed by atoms with Crippen LogP contribution >= 0.6 is 0 Å². The summed E-state index contributed by atoms with van der Waals surface area (Å²) < 4.78 is 18.1. The Morgan fingerprint density at radius 3 is 2.55 bits per heavy atom. The second-order valence-corrected chi connectivity index (χ2v) is 10.0. The number of carbonyl (C=O) groups excluding carboxylic acids is 1. The Kier molecular flexibility index (Phi) is 4.95. The van der Waals surface area contributed by atoms with Crippen molar-refractivity contribution in [3.05, 3.63) is 35.5 Å². The van der Waals surface area contributed by atoms with Crippen LogP contribution in [0.5, 0.6) is 0 Å². The van der Waals surface area contributed by atoms with Crippen molar-refractivity contribution in [1.82, 2.24) is 9.98 Å². The molecule has 6 heteroatoms. The van der Waals surface area contributed by atoms with Crippen LogP contribution in [0.2, 0.25) is 0 Å². The van der Waals surface area contributed by atoms with Crippen LogP contribution in [0.15, 0.2) is 30.0 Å². The molecule has 1 heterocycles. The lowest BCUT2D eigenvalue weighted by molar-refractivity contribution is 0.0107. The van der Waals surface area contributed by atoms with Crippen molar-refractivity contribution in [2.75, 3.05) is 17.2 Å². The predicted molar refractivity (Wildman–Crippen MR) is 125 cm³/mol. The van der Waals surface area contributed by atoms with Crippen LogP contribution in [0, 0.1) is 17.8 Å². The Morgan fingerprint density at radius 1 is 1.23 bits per heavy atom. The normalized spacial score (nSPS) is 31.6. The molecule has 0 saturated heterocycles. The van der Waals surface area contributed by atoms with Gasteiger partial charge in [-0.05, 0) is 88.3 Å². The van der Waals surface area contributed by atoms with Gasteiger partial charge in [-0.3, -0.25) is 0 Å². The summed E-state index contributed by atoms with van der Waals surface area (Å²) in [5.74, 6) is 2.15. The molecule has 1 atom stereocenters. The fraction of sp³-hybridized carbons (Fsp3) is 0.560. The predicted octanol–water partition coefficient (Wildman–Crippen LogP) is 3.70. The van der Waals surface area contributed by atoms with Gasteiger partial charge < -0.3 is 15.4 Å². The molecule has 31 heavy (non-hydrogen) atoms. The molecule has 0 aromatic heterocycles. The summed E-state index contributed by atoms with van der Waals surface area (Å²) in [5.41, 5.74) is 3.05. The molecule has 3 N–H and O–H groups in total. The number of nitrogens with one attached hydrogen (secondary N) is 3. The number of nitrogens with zero attached hydrogens (tertiary/aromatic N) is 1. The monoisotopic (exact) mass is 422 g/mol. The first kappa shape index (κ1) is 19.0. The number of rotatable bonds is 7. The molecule has 0 radical (unpaired) electrons. The molecule has 4 saturated carbocycles. The van der Waals surface area contributed by atoms with Crippen molar-refractivity contribution in [3.8, 4) is 0 Å². The van der Waals surface area contributed by atoms with E-state index in [1.165, 1.54) is 38.5 Å². The highest BCUT2D eigenvalue weighted by molar-refractivity contribution is 5.92. The molecule has 1 unspecified atom stereocenters. The lowest BCUT2D eigenvalue weighted by Crippen LogP contribution is -2.54. The van der Waals surface area contributed by atoms with Crippen LogP contribution in [-0.2, 0) is 4.74 Å². The lowest BCUT2D eigenvalue weighted by Gasteiger charge is -2.57. The van der Waals surface area contributed by atoms with Gasteiger partial charge in [0.2, 0.25) is 0 Å². The smallest absolute Gasteiger partial charge is 0.338 e. The first-order valence-corrected chi connectivity index (χ1v) is 11.5. The van der Waals surface area contributed by atoms with E-state index in [2.05, 4.69) is 20.6 Å². The third-order valence-electron chi connectivity index (χ3n) is 7.05. The van der Waals surface area contributed by atoms with E-state index < -0.39 is 6.52 Å². The Labute approximate surface area is 185 Å². The van der Waals surface area contributed by atoms with E-state index in [1.807, 2.05) is 32.0 Å². The average molecular weight is 423 g/mol. The van der Waals surface area contributed by atoms with E-state index in [9.17, 15) is 4.79 Å². The summed E-state index contributed by atoms with van der Waals surface area (Å²) in [4.78, 5) is 12.6. The van der Waals surface area contributed by atoms with E-state index in [0.29, 0.717) is 5.56 Å². The molecule has 6 nitrogen and oxygen atoms in total. The van der Waals surface area contributed by atoms with Crippen molar-refractivity contribution >= 4 is 29.9 Å². The summed E-state index contributed by atoms with van der Waals surface area (Å²) in [5, 5.41) is 10.1. The molecule has 4 bridgehead atoms. The minimum atomic E-state index is -0.715. The van der Waals surface area contributed by atoms with Gasteiger partial charge in [-0.25, -0.2) is 14.8 Å². The van der Waals surface area contributed by atoms with Crippen molar-refractivity contribution in [2.24, 2.45) is 17.8 Å². The molecule has 1 aromatic carbocycles. The number of hydrogen-bond donors (Lipinski definition) is 3.